The summed E-state index contributed by atoms with van der Waals surface area (Å²) >= 11 is 0. The van der Waals surface area contributed by atoms with Crippen molar-refractivity contribution in [1.82, 2.24) is 9.62 Å². The van der Waals surface area contributed by atoms with Crippen molar-refractivity contribution in [3.8, 4) is 0 Å². The molecule has 0 aliphatic heterocycles. The Morgan fingerprint density at radius 2 is 1.34 bits per heavy atom. The molecule has 0 saturated heterocycles. The molecule has 0 aliphatic rings. The molecule has 2 amide bonds. The van der Waals surface area contributed by atoms with Crippen molar-refractivity contribution in [3.63, 3.8) is 0 Å². The van der Waals surface area contributed by atoms with Crippen LogP contribution in [0.2, 0.25) is 0 Å². The highest BCUT2D eigenvalue weighted by molar-refractivity contribution is 7.92. The zero-order chi connectivity index (χ0) is 29.9. The fourth-order valence-corrected chi connectivity index (χ4v) is 3.79. The lowest BCUT2D eigenvalue weighted by atomic mass is 10.1. The molecule has 0 fully saturated rings. The first-order valence-corrected chi connectivity index (χ1v) is 14.2. The molecule has 0 aromatic heterocycles. The molecular formula is C26H46N2O9S. The standard InChI is InChI=1S/C26H46N2O9S/c1-11-38(33,34)28(23(32)37-26(8,9)10)18-14-12-13-15-20(29)27-19(22(31)36-25(5,6)7)16-17-21(30)35-24(2,3)4/h11,19H,1,12-18H2,2-10H3,(H,27,29)/t19-/m0/s1. The molecule has 1 atom stereocenters. The van der Waals surface area contributed by atoms with E-state index in [1.807, 2.05) is 0 Å². The van der Waals surface area contributed by atoms with E-state index in [-0.39, 0.29) is 32.2 Å². The number of hydrogen-bond donors (Lipinski definition) is 1. The van der Waals surface area contributed by atoms with E-state index < -0.39 is 56.8 Å². The van der Waals surface area contributed by atoms with Gasteiger partial charge in [-0.25, -0.2) is 22.3 Å². The lowest BCUT2D eigenvalue weighted by Crippen LogP contribution is -2.44. The Labute approximate surface area is 227 Å². The molecular weight excluding hydrogens is 516 g/mol. The number of hydrogen-bond acceptors (Lipinski definition) is 9. The summed E-state index contributed by atoms with van der Waals surface area (Å²) in [7, 11) is -4.05. The van der Waals surface area contributed by atoms with Crippen molar-refractivity contribution in [2.24, 2.45) is 0 Å². The SMILES string of the molecule is C=CS(=O)(=O)N(CCCCCC(=O)N[C@@H](CCC(=O)OC(C)(C)C)C(=O)OC(C)(C)C)C(=O)OC(C)(C)C. The molecule has 0 saturated carbocycles. The van der Waals surface area contributed by atoms with Crippen molar-refractivity contribution in [1.29, 1.82) is 0 Å². The Kier molecular flexibility index (Phi) is 13.5. The van der Waals surface area contributed by atoms with Crippen LogP contribution in [0.15, 0.2) is 12.0 Å². The number of carbonyl (C=O) groups is 4. The molecule has 0 radical (unpaired) electrons. The van der Waals surface area contributed by atoms with Crippen LogP contribution in [0.1, 0.15) is 101 Å². The highest BCUT2D eigenvalue weighted by Gasteiger charge is 2.30. The minimum atomic E-state index is -4.05. The van der Waals surface area contributed by atoms with Gasteiger partial charge < -0.3 is 19.5 Å². The second-order valence-electron chi connectivity index (χ2n) is 11.9. The lowest BCUT2D eigenvalue weighted by Gasteiger charge is -2.26. The predicted molar refractivity (Wildman–Crippen MR) is 143 cm³/mol. The quantitative estimate of drug-likeness (QED) is 0.198. The van der Waals surface area contributed by atoms with Gasteiger partial charge in [0.05, 0.1) is 0 Å². The summed E-state index contributed by atoms with van der Waals surface area (Å²) in [6, 6.07) is -1.03. The highest BCUT2D eigenvalue weighted by atomic mass is 32.2. The Morgan fingerprint density at radius 1 is 0.816 bits per heavy atom. The van der Waals surface area contributed by atoms with Gasteiger partial charge in [0, 0.05) is 24.8 Å². The molecule has 0 aromatic carbocycles. The van der Waals surface area contributed by atoms with Crippen LogP contribution in [0.25, 0.3) is 0 Å². The fourth-order valence-electron chi connectivity index (χ4n) is 2.99. The molecule has 0 aromatic rings. The van der Waals surface area contributed by atoms with E-state index in [0.717, 1.165) is 0 Å². The van der Waals surface area contributed by atoms with Crippen LogP contribution in [0.4, 0.5) is 4.79 Å². The van der Waals surface area contributed by atoms with Crippen molar-refractivity contribution in [2.45, 2.75) is 124 Å². The monoisotopic (exact) mass is 562 g/mol. The molecule has 0 aliphatic carbocycles. The average Bonchev–Trinajstić information content (AvgIpc) is 2.69. The van der Waals surface area contributed by atoms with E-state index in [1.54, 1.807) is 62.3 Å². The Balaban J connectivity index is 4.99. The summed E-state index contributed by atoms with van der Waals surface area (Å²) in [6.07, 6.45) is 0.0591. The van der Waals surface area contributed by atoms with Crippen LogP contribution in [0.5, 0.6) is 0 Å². The Bertz CT molecular complexity index is 939. The normalized spacial score (nSPS) is 13.2. The van der Waals surface area contributed by atoms with Gasteiger partial charge in [-0.15, -0.1) is 0 Å². The zero-order valence-electron chi connectivity index (χ0n) is 24.3. The summed E-state index contributed by atoms with van der Waals surface area (Å²) in [6.45, 7) is 18.3. The van der Waals surface area contributed by atoms with Gasteiger partial charge in [-0.1, -0.05) is 13.0 Å². The van der Waals surface area contributed by atoms with E-state index in [4.69, 9.17) is 14.2 Å². The second kappa shape index (κ2) is 14.5. The number of carbonyl (C=O) groups excluding carboxylic acids is 4. The van der Waals surface area contributed by atoms with Gasteiger partial charge in [-0.3, -0.25) is 9.59 Å². The highest BCUT2D eigenvalue weighted by Crippen LogP contribution is 2.16. The molecule has 11 nitrogen and oxygen atoms in total. The first kappa shape index (κ1) is 35.4. The second-order valence-corrected chi connectivity index (χ2v) is 13.7. The van der Waals surface area contributed by atoms with E-state index in [1.165, 1.54) is 0 Å². The van der Waals surface area contributed by atoms with Crippen molar-refractivity contribution in [2.75, 3.05) is 6.54 Å². The number of sulfonamides is 1. The molecule has 1 N–H and O–H groups in total. The van der Waals surface area contributed by atoms with Crippen LogP contribution in [0, 0.1) is 0 Å². The Morgan fingerprint density at radius 3 is 1.82 bits per heavy atom. The van der Waals surface area contributed by atoms with Crippen LogP contribution < -0.4 is 5.32 Å². The smallest absolute Gasteiger partial charge is 0.424 e. The summed E-state index contributed by atoms with van der Waals surface area (Å²) in [5.74, 6) is -1.57. The molecule has 0 heterocycles. The minimum Gasteiger partial charge on any atom is -0.460 e. The number of amides is 2. The molecule has 0 spiro atoms. The predicted octanol–water partition coefficient (Wildman–Crippen LogP) is 4.21. The van der Waals surface area contributed by atoms with Crippen molar-refractivity contribution < 1.29 is 41.8 Å². The number of unbranched alkanes of at least 4 members (excludes halogenated alkanes) is 2. The van der Waals surface area contributed by atoms with Crippen LogP contribution in [0.3, 0.4) is 0 Å². The zero-order valence-corrected chi connectivity index (χ0v) is 25.2. The van der Waals surface area contributed by atoms with Gasteiger partial charge in [0.2, 0.25) is 5.91 Å². The van der Waals surface area contributed by atoms with Gasteiger partial charge in [0.25, 0.3) is 10.0 Å². The van der Waals surface area contributed by atoms with Gasteiger partial charge >= 0.3 is 18.0 Å². The number of rotatable bonds is 13. The van der Waals surface area contributed by atoms with Crippen molar-refractivity contribution in [3.05, 3.63) is 12.0 Å². The third kappa shape index (κ3) is 16.3. The maximum atomic E-state index is 12.6. The first-order valence-electron chi connectivity index (χ1n) is 12.7. The topological polar surface area (TPSA) is 145 Å². The van der Waals surface area contributed by atoms with E-state index >= 15 is 0 Å². The molecule has 0 rings (SSSR count). The van der Waals surface area contributed by atoms with Crippen LogP contribution >= 0.6 is 0 Å². The molecule has 220 valence electrons. The summed E-state index contributed by atoms with van der Waals surface area (Å²) in [5.41, 5.74) is -2.33. The number of nitrogens with zero attached hydrogens (tertiary/aromatic N) is 1. The average molecular weight is 563 g/mol. The van der Waals surface area contributed by atoms with Crippen LogP contribution in [-0.4, -0.2) is 66.1 Å². The summed E-state index contributed by atoms with van der Waals surface area (Å²) < 4.78 is 40.9. The molecule has 0 bridgehead atoms. The van der Waals surface area contributed by atoms with Crippen LogP contribution in [-0.2, 0) is 38.6 Å². The number of esters is 2. The van der Waals surface area contributed by atoms with Gasteiger partial charge in [-0.05, 0) is 81.6 Å². The van der Waals surface area contributed by atoms with Crippen molar-refractivity contribution >= 4 is 34.0 Å². The molecule has 12 heteroatoms. The molecule has 38 heavy (non-hydrogen) atoms. The first-order chi connectivity index (χ1) is 17.1. The lowest BCUT2D eigenvalue weighted by molar-refractivity contribution is -0.160. The van der Waals surface area contributed by atoms with E-state index in [0.29, 0.717) is 22.6 Å². The Hall–Kier alpha value is -2.63. The van der Waals surface area contributed by atoms with E-state index in [9.17, 15) is 27.6 Å². The van der Waals surface area contributed by atoms with Gasteiger partial charge in [-0.2, -0.15) is 0 Å². The maximum Gasteiger partial charge on any atom is 0.424 e. The third-order valence-corrected chi connectivity index (χ3v) is 5.83. The largest absolute Gasteiger partial charge is 0.460 e. The third-order valence-electron chi connectivity index (χ3n) is 4.46. The maximum absolute atomic E-state index is 12.6. The number of nitrogens with one attached hydrogen (secondary N) is 1. The minimum absolute atomic E-state index is 0.0137. The van der Waals surface area contributed by atoms with Gasteiger partial charge in [0.15, 0.2) is 0 Å². The molecule has 0 unspecified atom stereocenters. The fraction of sp³-hybridized carbons (Fsp3) is 0.769. The number of ether oxygens (including phenoxy) is 3. The van der Waals surface area contributed by atoms with Gasteiger partial charge in [0.1, 0.15) is 22.8 Å². The van der Waals surface area contributed by atoms with E-state index in [2.05, 4.69) is 11.9 Å². The summed E-state index contributed by atoms with van der Waals surface area (Å²) in [4.78, 5) is 49.6. The summed E-state index contributed by atoms with van der Waals surface area (Å²) in [5, 5.41) is 3.30.